The van der Waals surface area contributed by atoms with Gasteiger partial charge >= 0.3 is 6.18 Å². The number of alkyl halides is 3. The van der Waals surface area contributed by atoms with Gasteiger partial charge < -0.3 is 0 Å². The minimum atomic E-state index is -4.62. The van der Waals surface area contributed by atoms with E-state index in [-0.39, 0.29) is 10.7 Å². The second-order valence-electron chi connectivity index (χ2n) is 5.45. The quantitative estimate of drug-likeness (QED) is 0.457. The molecule has 0 atom stereocenters. The van der Waals surface area contributed by atoms with E-state index in [1.807, 2.05) is 42.5 Å². The number of thioether (sulfide) groups is 1. The Labute approximate surface area is 163 Å². The molecule has 0 radical (unpaired) electrons. The summed E-state index contributed by atoms with van der Waals surface area (Å²) in [5, 5.41) is 11.2. The molecule has 0 spiro atoms. The lowest BCUT2D eigenvalue weighted by Gasteiger charge is -2.13. The lowest BCUT2D eigenvalue weighted by molar-refractivity contribution is -0.138. The fourth-order valence-corrected chi connectivity index (χ4v) is 3.88. The Morgan fingerprint density at radius 2 is 1.93 bits per heavy atom. The molecule has 7 heteroatoms. The van der Waals surface area contributed by atoms with Crippen molar-refractivity contribution >= 4 is 29.2 Å². The summed E-state index contributed by atoms with van der Waals surface area (Å²) >= 11 is 2.42. The first-order chi connectivity index (χ1) is 13.0. The van der Waals surface area contributed by atoms with Crippen molar-refractivity contribution in [2.45, 2.75) is 11.2 Å². The number of hydrogen-bond acceptors (Lipinski definition) is 4. The number of nitrogens with zero attached hydrogens (tertiary/aromatic N) is 2. The Morgan fingerprint density at radius 3 is 2.56 bits per heavy atom. The zero-order chi connectivity index (χ0) is 19.3. The molecule has 3 aromatic rings. The molecule has 0 fully saturated rings. The molecule has 2 nitrogen and oxygen atoms in total. The first-order valence-electron chi connectivity index (χ1n) is 7.89. The number of aromatic nitrogens is 1. The van der Waals surface area contributed by atoms with Crippen LogP contribution < -0.4 is 0 Å². The van der Waals surface area contributed by atoms with Gasteiger partial charge in [-0.05, 0) is 23.1 Å². The summed E-state index contributed by atoms with van der Waals surface area (Å²) in [6.07, 6.45) is -0.893. The highest BCUT2D eigenvalue weighted by molar-refractivity contribution is 7.99. The van der Waals surface area contributed by atoms with Gasteiger partial charge in [-0.25, -0.2) is 4.98 Å². The van der Waals surface area contributed by atoms with Crippen LogP contribution in [0.25, 0.3) is 16.6 Å². The second kappa shape index (κ2) is 8.42. The Hall–Kier alpha value is -2.56. The van der Waals surface area contributed by atoms with Crippen molar-refractivity contribution in [1.29, 1.82) is 5.26 Å². The molecule has 0 aliphatic heterocycles. The zero-order valence-electron chi connectivity index (χ0n) is 13.9. The van der Waals surface area contributed by atoms with Crippen molar-refractivity contribution in [3.63, 3.8) is 0 Å². The minimum absolute atomic E-state index is 0.0911. The topological polar surface area (TPSA) is 36.7 Å². The SMILES string of the molecule is N#Cc1c(C(F)(F)F)cc(-c2cccs2)nc1SC/C=C/c1ccccc1. The van der Waals surface area contributed by atoms with Crippen molar-refractivity contribution in [3.8, 4) is 16.6 Å². The van der Waals surface area contributed by atoms with Gasteiger partial charge in [0.25, 0.3) is 0 Å². The summed E-state index contributed by atoms with van der Waals surface area (Å²) in [5.41, 5.74) is -0.153. The molecule has 3 rings (SSSR count). The summed E-state index contributed by atoms with van der Waals surface area (Å²) < 4.78 is 40.3. The molecule has 0 unspecified atom stereocenters. The summed E-state index contributed by atoms with van der Waals surface area (Å²) in [5.74, 6) is 0.405. The van der Waals surface area contributed by atoms with E-state index in [0.717, 1.165) is 23.4 Å². The van der Waals surface area contributed by atoms with Crippen LogP contribution in [0.15, 0.2) is 65.0 Å². The lowest BCUT2D eigenvalue weighted by Crippen LogP contribution is -2.10. The maximum absolute atomic E-state index is 13.4. The highest BCUT2D eigenvalue weighted by Crippen LogP contribution is 2.38. The van der Waals surface area contributed by atoms with E-state index in [4.69, 9.17) is 0 Å². The van der Waals surface area contributed by atoms with Crippen LogP contribution in [0.3, 0.4) is 0 Å². The highest BCUT2D eigenvalue weighted by atomic mass is 32.2. The molecular weight excluding hydrogens is 389 g/mol. The van der Waals surface area contributed by atoms with Gasteiger partial charge in [-0.2, -0.15) is 18.4 Å². The predicted octanol–water partition coefficient (Wildman–Crippen LogP) is 6.51. The smallest absolute Gasteiger partial charge is 0.239 e. The molecule has 0 aliphatic rings. The number of hydrogen-bond donors (Lipinski definition) is 0. The van der Waals surface area contributed by atoms with Crippen molar-refractivity contribution < 1.29 is 13.2 Å². The molecule has 0 saturated heterocycles. The zero-order valence-corrected chi connectivity index (χ0v) is 15.5. The maximum atomic E-state index is 13.4. The Balaban J connectivity index is 1.92. The number of nitriles is 1. The van der Waals surface area contributed by atoms with Crippen molar-refractivity contribution in [1.82, 2.24) is 4.98 Å². The second-order valence-corrected chi connectivity index (χ2v) is 7.40. The number of halogens is 3. The molecule has 0 N–H and O–H groups in total. The van der Waals surface area contributed by atoms with E-state index in [9.17, 15) is 18.4 Å². The van der Waals surface area contributed by atoms with Gasteiger partial charge in [0.2, 0.25) is 0 Å². The molecule has 0 bridgehead atoms. The number of rotatable bonds is 5. The van der Waals surface area contributed by atoms with Crippen molar-refractivity contribution in [3.05, 3.63) is 76.7 Å². The van der Waals surface area contributed by atoms with Gasteiger partial charge in [0, 0.05) is 5.75 Å². The van der Waals surface area contributed by atoms with E-state index < -0.39 is 17.3 Å². The normalized spacial score (nSPS) is 11.6. The highest BCUT2D eigenvalue weighted by Gasteiger charge is 2.36. The van der Waals surface area contributed by atoms with Gasteiger partial charge in [0.15, 0.2) is 0 Å². The summed E-state index contributed by atoms with van der Waals surface area (Å²) in [4.78, 5) is 4.95. The monoisotopic (exact) mass is 402 g/mol. The first-order valence-corrected chi connectivity index (χ1v) is 9.76. The summed E-state index contributed by atoms with van der Waals surface area (Å²) in [6, 6.07) is 15.7. The fraction of sp³-hybridized carbons (Fsp3) is 0.100. The number of thiophene rings is 1. The molecule has 1 aromatic carbocycles. The first kappa shape index (κ1) is 19.2. The fourth-order valence-electron chi connectivity index (χ4n) is 2.38. The van der Waals surface area contributed by atoms with E-state index in [1.165, 1.54) is 11.3 Å². The van der Waals surface area contributed by atoms with Gasteiger partial charge in [0.05, 0.1) is 21.7 Å². The average molecular weight is 402 g/mol. The largest absolute Gasteiger partial charge is 0.417 e. The molecule has 0 aliphatic carbocycles. The molecule has 0 amide bonds. The van der Waals surface area contributed by atoms with Gasteiger partial charge in [-0.3, -0.25) is 0 Å². The number of pyridine rings is 1. The summed E-state index contributed by atoms with van der Waals surface area (Å²) in [6.45, 7) is 0. The van der Waals surface area contributed by atoms with E-state index in [1.54, 1.807) is 23.6 Å². The molecule has 27 heavy (non-hydrogen) atoms. The third kappa shape index (κ3) is 4.79. The van der Waals surface area contributed by atoms with Crippen LogP contribution in [0.5, 0.6) is 0 Å². The predicted molar refractivity (Wildman–Crippen MR) is 103 cm³/mol. The third-order valence-corrected chi connectivity index (χ3v) is 5.42. The van der Waals surface area contributed by atoms with Crippen LogP contribution in [-0.2, 0) is 6.18 Å². The average Bonchev–Trinajstić information content (AvgIpc) is 3.19. The van der Waals surface area contributed by atoms with Crippen molar-refractivity contribution in [2.75, 3.05) is 5.75 Å². The molecule has 2 aromatic heterocycles. The Morgan fingerprint density at radius 1 is 1.15 bits per heavy atom. The number of benzene rings is 1. The van der Waals surface area contributed by atoms with Gasteiger partial charge in [-0.1, -0.05) is 48.6 Å². The molecule has 136 valence electrons. The maximum Gasteiger partial charge on any atom is 0.417 e. The van der Waals surface area contributed by atoms with Crippen LogP contribution in [0.4, 0.5) is 13.2 Å². The van der Waals surface area contributed by atoms with Crippen molar-refractivity contribution in [2.24, 2.45) is 0 Å². The Kier molecular flexibility index (Phi) is 5.99. The minimum Gasteiger partial charge on any atom is -0.239 e. The van der Waals surface area contributed by atoms with Crippen LogP contribution in [-0.4, -0.2) is 10.7 Å². The standard InChI is InChI=1S/C20H13F3N2S2/c21-20(22,23)16-12-17(18-9-5-10-26-18)25-19(15(16)13-24)27-11-4-8-14-6-2-1-3-7-14/h1-10,12H,11H2/b8-4+. The van der Waals surface area contributed by atoms with E-state index in [2.05, 4.69) is 4.98 Å². The Bertz CT molecular complexity index is 973. The van der Waals surface area contributed by atoms with Crippen LogP contribution in [0, 0.1) is 11.3 Å². The van der Waals surface area contributed by atoms with E-state index in [0.29, 0.717) is 10.6 Å². The van der Waals surface area contributed by atoms with Gasteiger partial charge in [-0.15, -0.1) is 23.1 Å². The van der Waals surface area contributed by atoms with Crippen LogP contribution >= 0.6 is 23.1 Å². The van der Waals surface area contributed by atoms with Crippen LogP contribution in [0.2, 0.25) is 0 Å². The summed E-state index contributed by atoms with van der Waals surface area (Å²) in [7, 11) is 0. The lowest BCUT2D eigenvalue weighted by atomic mass is 10.1. The van der Waals surface area contributed by atoms with Gasteiger partial charge in [0.1, 0.15) is 11.1 Å². The molecule has 0 saturated carbocycles. The molecule has 2 heterocycles. The van der Waals surface area contributed by atoms with Crippen LogP contribution in [0.1, 0.15) is 16.7 Å². The van der Waals surface area contributed by atoms with E-state index >= 15 is 0 Å². The third-order valence-electron chi connectivity index (χ3n) is 3.60. The molecular formula is C20H13F3N2S2.